The summed E-state index contributed by atoms with van der Waals surface area (Å²) < 4.78 is 15.1. The number of halogens is 1. The number of rotatable bonds is 6. The zero-order chi connectivity index (χ0) is 14.5. The Morgan fingerprint density at radius 2 is 2.10 bits per heavy atom. The topological polar surface area (TPSA) is 81.8 Å². The van der Waals surface area contributed by atoms with E-state index in [2.05, 4.69) is 4.98 Å². The van der Waals surface area contributed by atoms with E-state index < -0.39 is 5.97 Å². The van der Waals surface area contributed by atoms with Crippen molar-refractivity contribution in [3.63, 3.8) is 0 Å². The van der Waals surface area contributed by atoms with Crippen LogP contribution in [0, 0.1) is 0 Å². The molecule has 0 unspecified atom stereocenters. The lowest BCUT2D eigenvalue weighted by molar-refractivity contribution is -0.0404. The number of nitrogens with zero attached hydrogens (tertiary/aromatic N) is 1. The van der Waals surface area contributed by atoms with Gasteiger partial charge in [0.05, 0.1) is 6.61 Å². The van der Waals surface area contributed by atoms with Crippen LogP contribution in [0.3, 0.4) is 0 Å². The number of methoxy groups -OCH3 is 1. The maximum Gasteiger partial charge on any atom is 0.373 e. The second-order valence-electron chi connectivity index (χ2n) is 3.86. The Hall–Kier alpha value is -1.89. The number of carboxylic acids is 1. The Kier molecular flexibility index (Phi) is 4.73. The molecule has 2 rings (SSSR count). The summed E-state index contributed by atoms with van der Waals surface area (Å²) in [6.07, 6.45) is 0. The van der Waals surface area contributed by atoms with Crippen LogP contribution in [-0.2, 0) is 16.1 Å². The second-order valence-corrected chi connectivity index (χ2v) is 4.30. The first-order valence-corrected chi connectivity index (χ1v) is 6.05. The molecule has 0 aliphatic rings. The smallest absolute Gasteiger partial charge is 0.373 e. The van der Waals surface area contributed by atoms with Crippen LogP contribution in [0.25, 0.3) is 11.5 Å². The van der Waals surface area contributed by atoms with Crippen LogP contribution in [0.2, 0.25) is 5.02 Å². The molecule has 1 heterocycles. The second kappa shape index (κ2) is 6.51. The Bertz CT molecular complexity index is 593. The number of aromatic nitrogens is 1. The number of oxazole rings is 1. The van der Waals surface area contributed by atoms with Gasteiger partial charge in [-0.25, -0.2) is 9.78 Å². The van der Waals surface area contributed by atoms with E-state index >= 15 is 0 Å². The molecule has 0 fully saturated rings. The fourth-order valence-corrected chi connectivity index (χ4v) is 1.68. The molecule has 0 aliphatic heterocycles. The molecule has 0 atom stereocenters. The minimum absolute atomic E-state index is 0.00738. The van der Waals surface area contributed by atoms with Crippen molar-refractivity contribution >= 4 is 17.6 Å². The average molecular weight is 298 g/mol. The quantitative estimate of drug-likeness (QED) is 0.652. The molecule has 0 saturated heterocycles. The van der Waals surface area contributed by atoms with Gasteiger partial charge in [0.2, 0.25) is 11.7 Å². The van der Waals surface area contributed by atoms with E-state index in [4.69, 9.17) is 30.6 Å². The number of carboxylic acid groups (broad SMARTS) is 1. The number of benzene rings is 1. The molecule has 0 radical (unpaired) electrons. The van der Waals surface area contributed by atoms with Crippen LogP contribution in [0.1, 0.15) is 16.2 Å². The molecule has 6 nitrogen and oxygen atoms in total. The maximum atomic E-state index is 11.1. The molecule has 7 heteroatoms. The predicted molar refractivity (Wildman–Crippen MR) is 70.6 cm³/mol. The van der Waals surface area contributed by atoms with E-state index in [0.29, 0.717) is 10.6 Å². The molecular formula is C13H12ClNO5. The Balaban J connectivity index is 2.28. The lowest BCUT2D eigenvalue weighted by atomic mass is 10.2. The van der Waals surface area contributed by atoms with Gasteiger partial charge in [-0.05, 0) is 24.3 Å². The Morgan fingerprint density at radius 3 is 2.70 bits per heavy atom. The molecule has 106 valence electrons. The van der Waals surface area contributed by atoms with Crippen LogP contribution < -0.4 is 0 Å². The van der Waals surface area contributed by atoms with E-state index in [1.807, 2.05) is 0 Å². The highest BCUT2D eigenvalue weighted by Crippen LogP contribution is 2.24. The van der Waals surface area contributed by atoms with Gasteiger partial charge in [-0.1, -0.05) is 11.6 Å². The van der Waals surface area contributed by atoms with Crippen LogP contribution in [-0.4, -0.2) is 30.0 Å². The largest absolute Gasteiger partial charge is 0.475 e. The lowest BCUT2D eigenvalue weighted by Crippen LogP contribution is -2.03. The van der Waals surface area contributed by atoms with Crippen molar-refractivity contribution in [1.82, 2.24) is 4.98 Å². The standard InChI is InChI=1S/C13H12ClNO5/c1-18-7-19-6-10-11(13(16)17)20-12(15-10)8-2-4-9(14)5-3-8/h2-5H,6-7H2,1H3,(H,16,17). The van der Waals surface area contributed by atoms with Gasteiger partial charge in [0, 0.05) is 17.7 Å². The third-order valence-electron chi connectivity index (χ3n) is 2.42. The first-order chi connectivity index (χ1) is 9.61. The van der Waals surface area contributed by atoms with Gasteiger partial charge < -0.3 is 19.0 Å². The highest BCUT2D eigenvalue weighted by atomic mass is 35.5. The summed E-state index contributed by atoms with van der Waals surface area (Å²) in [5.41, 5.74) is 0.842. The number of aromatic carboxylic acids is 1. The maximum absolute atomic E-state index is 11.1. The van der Waals surface area contributed by atoms with Gasteiger partial charge >= 0.3 is 5.97 Å². The summed E-state index contributed by atoms with van der Waals surface area (Å²) in [5, 5.41) is 9.66. The van der Waals surface area contributed by atoms with Gasteiger partial charge in [0.25, 0.3) is 0 Å². The van der Waals surface area contributed by atoms with Gasteiger partial charge in [-0.3, -0.25) is 0 Å². The molecule has 0 aliphatic carbocycles. The minimum Gasteiger partial charge on any atom is -0.475 e. The minimum atomic E-state index is -1.20. The van der Waals surface area contributed by atoms with Crippen LogP contribution >= 0.6 is 11.6 Å². The summed E-state index contributed by atoms with van der Waals surface area (Å²) in [5.74, 6) is -1.24. The molecule has 1 N–H and O–H groups in total. The monoisotopic (exact) mass is 297 g/mol. The zero-order valence-corrected chi connectivity index (χ0v) is 11.4. The molecule has 0 spiro atoms. The van der Waals surface area contributed by atoms with E-state index in [9.17, 15) is 4.79 Å². The van der Waals surface area contributed by atoms with Crippen LogP contribution in [0.15, 0.2) is 28.7 Å². The first-order valence-electron chi connectivity index (χ1n) is 5.67. The van der Waals surface area contributed by atoms with Crippen molar-refractivity contribution in [3.05, 3.63) is 40.7 Å². The van der Waals surface area contributed by atoms with Crippen molar-refractivity contribution in [3.8, 4) is 11.5 Å². The normalized spacial score (nSPS) is 10.7. The number of carbonyl (C=O) groups is 1. The molecule has 20 heavy (non-hydrogen) atoms. The molecule has 0 amide bonds. The van der Waals surface area contributed by atoms with E-state index in [1.54, 1.807) is 24.3 Å². The summed E-state index contributed by atoms with van der Waals surface area (Å²) in [6, 6.07) is 6.73. The highest BCUT2D eigenvalue weighted by Gasteiger charge is 2.20. The Labute approximate surface area is 119 Å². The van der Waals surface area contributed by atoms with E-state index in [-0.39, 0.29) is 30.7 Å². The summed E-state index contributed by atoms with van der Waals surface area (Å²) in [6.45, 7) is 0.0365. The fraction of sp³-hybridized carbons (Fsp3) is 0.231. The summed E-state index contributed by atoms with van der Waals surface area (Å²) in [4.78, 5) is 15.2. The third-order valence-corrected chi connectivity index (χ3v) is 2.67. The molecule has 1 aromatic carbocycles. The predicted octanol–water partition coefficient (Wildman–Crippen LogP) is 2.81. The molecule has 0 bridgehead atoms. The number of ether oxygens (including phenoxy) is 2. The fourth-order valence-electron chi connectivity index (χ4n) is 1.55. The van der Waals surface area contributed by atoms with Crippen molar-refractivity contribution < 1.29 is 23.8 Å². The van der Waals surface area contributed by atoms with Crippen molar-refractivity contribution in [1.29, 1.82) is 0 Å². The van der Waals surface area contributed by atoms with Crippen LogP contribution in [0.4, 0.5) is 0 Å². The van der Waals surface area contributed by atoms with Crippen molar-refractivity contribution in [2.75, 3.05) is 13.9 Å². The summed E-state index contributed by atoms with van der Waals surface area (Å²) >= 11 is 5.79. The highest BCUT2D eigenvalue weighted by molar-refractivity contribution is 6.30. The lowest BCUT2D eigenvalue weighted by Gasteiger charge is -1.99. The first kappa shape index (κ1) is 14.5. The van der Waals surface area contributed by atoms with Gasteiger partial charge in [0.1, 0.15) is 12.5 Å². The molecular weight excluding hydrogens is 286 g/mol. The zero-order valence-electron chi connectivity index (χ0n) is 10.6. The van der Waals surface area contributed by atoms with Gasteiger partial charge in [-0.2, -0.15) is 0 Å². The van der Waals surface area contributed by atoms with Crippen LogP contribution in [0.5, 0.6) is 0 Å². The van der Waals surface area contributed by atoms with Gasteiger partial charge in [-0.15, -0.1) is 0 Å². The SMILES string of the molecule is COCOCc1nc(-c2ccc(Cl)cc2)oc1C(=O)O. The number of hydrogen-bond acceptors (Lipinski definition) is 5. The Morgan fingerprint density at radius 1 is 1.40 bits per heavy atom. The molecule has 2 aromatic rings. The van der Waals surface area contributed by atoms with E-state index in [1.165, 1.54) is 7.11 Å². The third kappa shape index (κ3) is 3.36. The summed E-state index contributed by atoms with van der Waals surface area (Å²) in [7, 11) is 1.47. The number of hydrogen-bond donors (Lipinski definition) is 1. The van der Waals surface area contributed by atoms with Gasteiger partial charge in [0.15, 0.2) is 0 Å². The van der Waals surface area contributed by atoms with Crippen molar-refractivity contribution in [2.24, 2.45) is 0 Å². The average Bonchev–Trinajstić information content (AvgIpc) is 2.84. The molecule has 0 saturated carbocycles. The van der Waals surface area contributed by atoms with E-state index in [0.717, 1.165) is 0 Å². The molecule has 1 aromatic heterocycles. The van der Waals surface area contributed by atoms with Crippen molar-refractivity contribution in [2.45, 2.75) is 6.61 Å².